The highest BCUT2D eigenvalue weighted by molar-refractivity contribution is 5.82. The van der Waals surface area contributed by atoms with Crippen molar-refractivity contribution in [3.05, 3.63) is 0 Å². The van der Waals surface area contributed by atoms with Crippen molar-refractivity contribution in [3.8, 4) is 0 Å². The van der Waals surface area contributed by atoms with Crippen molar-refractivity contribution < 1.29 is 14.4 Å². The van der Waals surface area contributed by atoms with Gasteiger partial charge in [0.1, 0.15) is 0 Å². The van der Waals surface area contributed by atoms with Gasteiger partial charge in [0.2, 0.25) is 17.7 Å². The molecule has 3 unspecified atom stereocenters. The first-order valence-corrected chi connectivity index (χ1v) is 8.58. The maximum Gasteiger partial charge on any atom is 0.224 e. The zero-order valence-electron chi connectivity index (χ0n) is 15.4. The van der Waals surface area contributed by atoms with Gasteiger partial charge in [0.25, 0.3) is 0 Å². The van der Waals surface area contributed by atoms with Crippen LogP contribution < -0.4 is 16.0 Å². The topological polar surface area (TPSA) is 87.3 Å². The Bertz CT molecular complexity index is 397. The first-order chi connectivity index (χ1) is 10.7. The van der Waals surface area contributed by atoms with E-state index in [1.807, 2.05) is 34.6 Å². The molecule has 0 radical (unpaired) electrons. The molecule has 3 atom stereocenters. The molecule has 0 rings (SSSR count). The predicted octanol–water partition coefficient (Wildman–Crippen LogP) is 1.80. The Morgan fingerprint density at radius 2 is 1.30 bits per heavy atom. The molecule has 134 valence electrons. The maximum atomic E-state index is 12.1. The van der Waals surface area contributed by atoms with E-state index in [0.717, 1.165) is 6.42 Å². The maximum absolute atomic E-state index is 12.1. The van der Waals surface area contributed by atoms with Crippen LogP contribution in [0.2, 0.25) is 0 Å². The van der Waals surface area contributed by atoms with E-state index in [1.165, 1.54) is 0 Å². The summed E-state index contributed by atoms with van der Waals surface area (Å²) in [6, 6.07) is 0.0939. The number of carbonyl (C=O) groups is 3. The second kappa shape index (κ2) is 11.0. The Balaban J connectivity index is 4.27. The van der Waals surface area contributed by atoms with E-state index in [2.05, 4.69) is 16.0 Å². The van der Waals surface area contributed by atoms with Gasteiger partial charge < -0.3 is 16.0 Å². The van der Waals surface area contributed by atoms with E-state index in [-0.39, 0.29) is 48.2 Å². The third-order valence-electron chi connectivity index (χ3n) is 3.97. The number of hydrogen-bond acceptors (Lipinski definition) is 3. The lowest BCUT2D eigenvalue weighted by molar-refractivity contribution is -0.128. The number of hydrogen-bond donors (Lipinski definition) is 3. The lowest BCUT2D eigenvalue weighted by Crippen LogP contribution is -2.42. The van der Waals surface area contributed by atoms with Crippen molar-refractivity contribution in [1.82, 2.24) is 16.0 Å². The van der Waals surface area contributed by atoms with Gasteiger partial charge in [-0.15, -0.1) is 0 Å². The average molecular weight is 327 g/mol. The van der Waals surface area contributed by atoms with Gasteiger partial charge >= 0.3 is 0 Å². The molecule has 0 fully saturated rings. The van der Waals surface area contributed by atoms with Crippen LogP contribution in [0, 0.1) is 17.8 Å². The Labute approximate surface area is 140 Å². The van der Waals surface area contributed by atoms with E-state index in [1.54, 1.807) is 6.92 Å². The second-order valence-corrected chi connectivity index (χ2v) is 6.47. The first-order valence-electron chi connectivity index (χ1n) is 8.58. The van der Waals surface area contributed by atoms with E-state index >= 15 is 0 Å². The minimum atomic E-state index is -0.279. The molecule has 3 amide bonds. The highest BCUT2D eigenvalue weighted by atomic mass is 16.2. The van der Waals surface area contributed by atoms with Crippen LogP contribution in [-0.4, -0.2) is 30.4 Å². The van der Waals surface area contributed by atoms with E-state index in [9.17, 15) is 14.4 Å². The fourth-order valence-corrected chi connectivity index (χ4v) is 2.15. The minimum Gasteiger partial charge on any atom is -0.354 e. The van der Waals surface area contributed by atoms with Gasteiger partial charge in [-0.3, -0.25) is 14.4 Å². The van der Waals surface area contributed by atoms with Crippen LogP contribution in [0.4, 0.5) is 0 Å². The zero-order chi connectivity index (χ0) is 18.0. The van der Waals surface area contributed by atoms with Crippen LogP contribution in [0.3, 0.4) is 0 Å². The summed E-state index contributed by atoms with van der Waals surface area (Å²) in [4.78, 5) is 35.7. The molecule has 0 aliphatic rings. The fraction of sp³-hybridized carbons (Fsp3) is 0.824. The van der Waals surface area contributed by atoms with Gasteiger partial charge in [-0.05, 0) is 33.1 Å². The van der Waals surface area contributed by atoms with E-state index in [0.29, 0.717) is 12.8 Å². The highest BCUT2D eigenvalue weighted by Gasteiger charge is 2.23. The average Bonchev–Trinajstić information content (AvgIpc) is 2.50. The molecule has 0 aromatic heterocycles. The molecular weight excluding hydrogens is 294 g/mol. The zero-order valence-corrected chi connectivity index (χ0v) is 15.4. The smallest absolute Gasteiger partial charge is 0.224 e. The van der Waals surface area contributed by atoms with Gasteiger partial charge in [0.15, 0.2) is 0 Å². The summed E-state index contributed by atoms with van der Waals surface area (Å²) in [5.74, 6) is -0.736. The summed E-state index contributed by atoms with van der Waals surface area (Å²) < 4.78 is 0. The molecular formula is C17H33N3O3. The molecule has 6 nitrogen and oxygen atoms in total. The molecule has 0 spiro atoms. The number of amides is 3. The quantitative estimate of drug-likeness (QED) is 0.535. The Hall–Kier alpha value is -1.59. The molecule has 6 heteroatoms. The van der Waals surface area contributed by atoms with Crippen molar-refractivity contribution in [2.24, 2.45) is 17.8 Å². The molecule has 0 bridgehead atoms. The molecule has 0 saturated heterocycles. The number of nitrogens with one attached hydrogen (secondary N) is 3. The highest BCUT2D eigenvalue weighted by Crippen LogP contribution is 2.16. The summed E-state index contributed by atoms with van der Waals surface area (Å²) >= 11 is 0. The third kappa shape index (κ3) is 8.57. The summed E-state index contributed by atoms with van der Waals surface area (Å²) in [6.07, 6.45) is 1.96. The summed E-state index contributed by atoms with van der Waals surface area (Å²) in [5, 5.41) is 8.27. The SMILES string of the molecule is CCC(C)C(=O)NCNC(=O)C(C)CC(CC)C(=O)NC(C)C. The standard InChI is InChI=1S/C17H33N3O3/c1-7-12(5)15(21)18-10-19-16(22)13(6)9-14(8-2)17(23)20-11(3)4/h11-14H,7-10H2,1-6H3,(H,18,21)(H,19,22)(H,20,23). The Morgan fingerprint density at radius 3 is 1.74 bits per heavy atom. The van der Waals surface area contributed by atoms with Crippen LogP contribution in [0.15, 0.2) is 0 Å². The predicted molar refractivity (Wildman–Crippen MR) is 91.4 cm³/mol. The van der Waals surface area contributed by atoms with E-state index in [4.69, 9.17) is 0 Å². The number of carbonyl (C=O) groups excluding carboxylic acids is 3. The van der Waals surface area contributed by atoms with Crippen LogP contribution in [0.1, 0.15) is 60.8 Å². The van der Waals surface area contributed by atoms with Gasteiger partial charge in [-0.25, -0.2) is 0 Å². The summed E-state index contributed by atoms with van der Waals surface area (Å²) in [5.41, 5.74) is 0. The minimum absolute atomic E-state index is 0.00720. The van der Waals surface area contributed by atoms with E-state index < -0.39 is 0 Å². The number of rotatable bonds is 10. The Kier molecular flexibility index (Phi) is 10.3. The molecule has 0 aromatic rings. The van der Waals surface area contributed by atoms with Crippen molar-refractivity contribution in [3.63, 3.8) is 0 Å². The fourth-order valence-electron chi connectivity index (χ4n) is 2.15. The second-order valence-electron chi connectivity index (χ2n) is 6.47. The molecule has 0 saturated carbocycles. The molecule has 0 aromatic carbocycles. The largest absolute Gasteiger partial charge is 0.354 e. The van der Waals surface area contributed by atoms with Gasteiger partial charge in [-0.1, -0.05) is 27.7 Å². The third-order valence-corrected chi connectivity index (χ3v) is 3.97. The Morgan fingerprint density at radius 1 is 0.783 bits per heavy atom. The van der Waals surface area contributed by atoms with Crippen LogP contribution in [-0.2, 0) is 14.4 Å². The monoisotopic (exact) mass is 327 g/mol. The van der Waals surface area contributed by atoms with Crippen molar-refractivity contribution in [1.29, 1.82) is 0 Å². The summed E-state index contributed by atoms with van der Waals surface area (Å²) in [6.45, 7) is 11.5. The normalized spacial score (nSPS) is 14.7. The van der Waals surface area contributed by atoms with Crippen LogP contribution in [0.25, 0.3) is 0 Å². The molecule has 0 heterocycles. The van der Waals surface area contributed by atoms with Gasteiger partial charge in [0, 0.05) is 23.8 Å². The summed E-state index contributed by atoms with van der Waals surface area (Å²) in [7, 11) is 0. The lowest BCUT2D eigenvalue weighted by Gasteiger charge is -2.20. The van der Waals surface area contributed by atoms with Crippen LogP contribution >= 0.6 is 0 Å². The molecule has 23 heavy (non-hydrogen) atoms. The molecule has 0 aliphatic heterocycles. The molecule has 0 aliphatic carbocycles. The first kappa shape index (κ1) is 21.4. The molecule has 3 N–H and O–H groups in total. The van der Waals surface area contributed by atoms with Gasteiger partial charge in [0.05, 0.1) is 6.67 Å². The van der Waals surface area contributed by atoms with Crippen molar-refractivity contribution in [2.45, 2.75) is 66.8 Å². The van der Waals surface area contributed by atoms with Crippen molar-refractivity contribution in [2.75, 3.05) is 6.67 Å². The van der Waals surface area contributed by atoms with Crippen LogP contribution in [0.5, 0.6) is 0 Å². The van der Waals surface area contributed by atoms with Gasteiger partial charge in [-0.2, -0.15) is 0 Å². The van der Waals surface area contributed by atoms with Crippen molar-refractivity contribution >= 4 is 17.7 Å². The lowest BCUT2D eigenvalue weighted by atomic mass is 9.92.